The van der Waals surface area contributed by atoms with Gasteiger partial charge in [-0.15, -0.1) is 0 Å². The molecule has 1 aromatic carbocycles. The van der Waals surface area contributed by atoms with Gasteiger partial charge in [0.2, 0.25) is 0 Å². The highest BCUT2D eigenvalue weighted by Crippen LogP contribution is 2.34. The van der Waals surface area contributed by atoms with Crippen molar-refractivity contribution in [2.75, 3.05) is 12.4 Å². The van der Waals surface area contributed by atoms with Crippen molar-refractivity contribution in [3.8, 4) is 5.75 Å². The van der Waals surface area contributed by atoms with E-state index < -0.39 is 0 Å². The van der Waals surface area contributed by atoms with E-state index in [0.29, 0.717) is 12.3 Å². The molecule has 1 aliphatic rings. The number of hydrogen-bond acceptors (Lipinski definition) is 3. The van der Waals surface area contributed by atoms with E-state index in [9.17, 15) is 5.11 Å². The molecule has 0 fully saturated rings. The number of hydrogen-bond donors (Lipinski definition) is 2. The van der Waals surface area contributed by atoms with Gasteiger partial charge in [-0.1, -0.05) is 19.9 Å². The summed E-state index contributed by atoms with van der Waals surface area (Å²) in [5, 5.41) is 13.5. The SMILES string of the molecule is COc1cccc2c1CC(O)C(C(C)C)N2. The number of benzene rings is 1. The average Bonchev–Trinajstić information content (AvgIpc) is 2.27. The molecule has 16 heavy (non-hydrogen) atoms. The molecule has 1 heterocycles. The highest BCUT2D eigenvalue weighted by atomic mass is 16.5. The van der Waals surface area contributed by atoms with Gasteiger partial charge in [0.15, 0.2) is 0 Å². The lowest BCUT2D eigenvalue weighted by Crippen LogP contribution is -2.42. The highest BCUT2D eigenvalue weighted by molar-refractivity contribution is 5.60. The molecule has 88 valence electrons. The molecule has 2 unspecified atom stereocenters. The number of methoxy groups -OCH3 is 1. The number of ether oxygens (including phenoxy) is 1. The van der Waals surface area contributed by atoms with Crippen LogP contribution in [0.4, 0.5) is 5.69 Å². The molecule has 0 aliphatic carbocycles. The molecular formula is C13H19NO2. The van der Waals surface area contributed by atoms with Gasteiger partial charge in [0.1, 0.15) is 5.75 Å². The summed E-state index contributed by atoms with van der Waals surface area (Å²) in [5.41, 5.74) is 2.16. The minimum Gasteiger partial charge on any atom is -0.496 e. The van der Waals surface area contributed by atoms with Gasteiger partial charge in [0, 0.05) is 17.7 Å². The third-order valence-electron chi connectivity index (χ3n) is 3.22. The Labute approximate surface area is 96.4 Å². The first-order valence-corrected chi connectivity index (χ1v) is 5.74. The zero-order valence-electron chi connectivity index (χ0n) is 10.0. The lowest BCUT2D eigenvalue weighted by molar-refractivity contribution is 0.128. The summed E-state index contributed by atoms with van der Waals surface area (Å²) >= 11 is 0. The number of aliphatic hydroxyl groups is 1. The molecule has 0 saturated carbocycles. The molecule has 2 rings (SSSR count). The van der Waals surface area contributed by atoms with Gasteiger partial charge in [-0.05, 0) is 18.1 Å². The van der Waals surface area contributed by atoms with E-state index in [1.807, 2.05) is 18.2 Å². The molecule has 3 nitrogen and oxygen atoms in total. The third-order valence-corrected chi connectivity index (χ3v) is 3.22. The summed E-state index contributed by atoms with van der Waals surface area (Å²) in [4.78, 5) is 0. The van der Waals surface area contributed by atoms with Gasteiger partial charge in [0.05, 0.1) is 19.3 Å². The Kier molecular flexibility index (Phi) is 3.06. The molecule has 0 radical (unpaired) electrons. The van der Waals surface area contributed by atoms with E-state index in [1.165, 1.54) is 0 Å². The third kappa shape index (κ3) is 1.87. The van der Waals surface area contributed by atoms with Crippen LogP contribution >= 0.6 is 0 Å². The minimum atomic E-state index is -0.344. The van der Waals surface area contributed by atoms with Gasteiger partial charge in [-0.3, -0.25) is 0 Å². The van der Waals surface area contributed by atoms with Crippen LogP contribution in [0.1, 0.15) is 19.4 Å². The van der Waals surface area contributed by atoms with Crippen molar-refractivity contribution in [2.24, 2.45) is 5.92 Å². The first-order chi connectivity index (χ1) is 7.63. The molecule has 0 bridgehead atoms. The van der Waals surface area contributed by atoms with Crippen LogP contribution in [0.2, 0.25) is 0 Å². The molecule has 1 aliphatic heterocycles. The van der Waals surface area contributed by atoms with E-state index in [-0.39, 0.29) is 12.1 Å². The van der Waals surface area contributed by atoms with Crippen LogP contribution in [-0.4, -0.2) is 24.4 Å². The Bertz CT molecular complexity index is 376. The van der Waals surface area contributed by atoms with Gasteiger partial charge >= 0.3 is 0 Å². The Balaban J connectivity index is 2.34. The summed E-state index contributed by atoms with van der Waals surface area (Å²) in [6, 6.07) is 6.07. The van der Waals surface area contributed by atoms with Gasteiger partial charge < -0.3 is 15.2 Å². The van der Waals surface area contributed by atoms with Crippen LogP contribution in [0.5, 0.6) is 5.75 Å². The maximum atomic E-state index is 10.1. The maximum absolute atomic E-state index is 10.1. The molecule has 0 amide bonds. The first kappa shape index (κ1) is 11.3. The van der Waals surface area contributed by atoms with Crippen molar-refractivity contribution in [3.63, 3.8) is 0 Å². The van der Waals surface area contributed by atoms with Crippen LogP contribution < -0.4 is 10.1 Å². The number of nitrogens with one attached hydrogen (secondary N) is 1. The summed E-state index contributed by atoms with van der Waals surface area (Å²) in [5.74, 6) is 1.26. The monoisotopic (exact) mass is 221 g/mol. The first-order valence-electron chi connectivity index (χ1n) is 5.74. The average molecular weight is 221 g/mol. The zero-order valence-corrected chi connectivity index (χ0v) is 10.0. The normalized spacial score (nSPS) is 23.8. The minimum absolute atomic E-state index is 0.125. The molecule has 2 N–H and O–H groups in total. The van der Waals surface area contributed by atoms with Crippen molar-refractivity contribution in [3.05, 3.63) is 23.8 Å². The van der Waals surface area contributed by atoms with Crippen molar-refractivity contribution < 1.29 is 9.84 Å². The Morgan fingerprint density at radius 3 is 2.81 bits per heavy atom. The van der Waals surface area contributed by atoms with Crippen LogP contribution in [0, 0.1) is 5.92 Å². The fourth-order valence-corrected chi connectivity index (χ4v) is 2.33. The van der Waals surface area contributed by atoms with E-state index in [4.69, 9.17) is 4.74 Å². The highest BCUT2D eigenvalue weighted by Gasteiger charge is 2.29. The van der Waals surface area contributed by atoms with E-state index in [0.717, 1.165) is 17.0 Å². The van der Waals surface area contributed by atoms with Crippen LogP contribution in [0.3, 0.4) is 0 Å². The van der Waals surface area contributed by atoms with Gasteiger partial charge in [-0.2, -0.15) is 0 Å². The standard InChI is InChI=1S/C13H19NO2/c1-8(2)13-11(15)7-9-10(14-13)5-4-6-12(9)16-3/h4-6,8,11,13-15H,7H2,1-3H3. The van der Waals surface area contributed by atoms with Crippen molar-refractivity contribution in [2.45, 2.75) is 32.4 Å². The van der Waals surface area contributed by atoms with E-state index in [2.05, 4.69) is 19.2 Å². The van der Waals surface area contributed by atoms with Crippen LogP contribution in [0.15, 0.2) is 18.2 Å². The molecule has 2 atom stereocenters. The van der Waals surface area contributed by atoms with Crippen molar-refractivity contribution in [1.82, 2.24) is 0 Å². The fourth-order valence-electron chi connectivity index (χ4n) is 2.33. The smallest absolute Gasteiger partial charge is 0.124 e. The second-order valence-corrected chi connectivity index (χ2v) is 4.67. The van der Waals surface area contributed by atoms with Crippen LogP contribution in [0.25, 0.3) is 0 Å². The zero-order chi connectivity index (χ0) is 11.7. The molecule has 1 aromatic rings. The molecule has 3 heteroatoms. The van der Waals surface area contributed by atoms with Crippen molar-refractivity contribution >= 4 is 5.69 Å². The number of anilines is 1. The lowest BCUT2D eigenvalue weighted by Gasteiger charge is -2.34. The summed E-state index contributed by atoms with van der Waals surface area (Å²) in [6.45, 7) is 4.23. The molecule has 0 aromatic heterocycles. The summed E-state index contributed by atoms with van der Waals surface area (Å²) < 4.78 is 5.31. The summed E-state index contributed by atoms with van der Waals surface area (Å²) in [7, 11) is 1.66. The fraction of sp³-hybridized carbons (Fsp3) is 0.538. The molecule has 0 saturated heterocycles. The Hall–Kier alpha value is -1.22. The Morgan fingerprint density at radius 2 is 2.19 bits per heavy atom. The lowest BCUT2D eigenvalue weighted by atomic mass is 9.88. The second kappa shape index (κ2) is 4.34. The predicted molar refractivity (Wildman–Crippen MR) is 65.0 cm³/mol. The van der Waals surface area contributed by atoms with Gasteiger partial charge in [0.25, 0.3) is 0 Å². The molecule has 0 spiro atoms. The molecular weight excluding hydrogens is 202 g/mol. The van der Waals surface area contributed by atoms with Crippen molar-refractivity contribution in [1.29, 1.82) is 0 Å². The maximum Gasteiger partial charge on any atom is 0.124 e. The van der Waals surface area contributed by atoms with E-state index >= 15 is 0 Å². The van der Waals surface area contributed by atoms with E-state index in [1.54, 1.807) is 7.11 Å². The Morgan fingerprint density at radius 1 is 1.44 bits per heavy atom. The predicted octanol–water partition coefficient (Wildman–Crippen LogP) is 2.05. The van der Waals surface area contributed by atoms with Crippen LogP contribution in [-0.2, 0) is 6.42 Å². The second-order valence-electron chi connectivity index (χ2n) is 4.67. The quantitative estimate of drug-likeness (QED) is 0.803. The largest absolute Gasteiger partial charge is 0.496 e. The summed E-state index contributed by atoms with van der Waals surface area (Å²) in [6.07, 6.45) is 0.318. The number of fused-ring (bicyclic) bond motifs is 1. The topological polar surface area (TPSA) is 41.5 Å². The number of rotatable bonds is 2. The van der Waals surface area contributed by atoms with Gasteiger partial charge in [-0.25, -0.2) is 0 Å². The number of aliphatic hydroxyl groups excluding tert-OH is 1.